The quantitative estimate of drug-likeness (QED) is 0.0974. The second-order valence-electron chi connectivity index (χ2n) is 17.7. The van der Waals surface area contributed by atoms with Crippen LogP contribution in [0.15, 0.2) is 109 Å². The molecule has 2 aliphatic carbocycles. The van der Waals surface area contributed by atoms with Crippen molar-refractivity contribution in [3.8, 4) is 23.3 Å². The van der Waals surface area contributed by atoms with Crippen LogP contribution in [0.25, 0.3) is 11.1 Å². The lowest BCUT2D eigenvalue weighted by Crippen LogP contribution is -2.56. The van der Waals surface area contributed by atoms with Crippen molar-refractivity contribution in [1.82, 2.24) is 0 Å². The molecule has 0 heterocycles. The monoisotopic (exact) mass is 808 g/mol. The molecule has 10 nitrogen and oxygen atoms in total. The molecule has 0 radical (unpaired) electrons. The summed E-state index contributed by atoms with van der Waals surface area (Å²) in [6.07, 6.45) is 6.06. The fraction of sp³-hybridized carbons (Fsp3) is 0.400. The van der Waals surface area contributed by atoms with Gasteiger partial charge in [0.1, 0.15) is 12.1 Å². The zero-order valence-electron chi connectivity index (χ0n) is 35.3. The van der Waals surface area contributed by atoms with E-state index in [2.05, 4.69) is 12.1 Å². The molecule has 6 rings (SSSR count). The van der Waals surface area contributed by atoms with E-state index < -0.39 is 23.1 Å². The highest BCUT2D eigenvalue weighted by Gasteiger charge is 2.50. The summed E-state index contributed by atoms with van der Waals surface area (Å²) in [5, 5.41) is 20.7. The molecular weight excluding hydrogens is 753 g/mol. The molecule has 2 saturated carbocycles. The highest BCUT2D eigenvalue weighted by Crippen LogP contribution is 2.40. The van der Waals surface area contributed by atoms with E-state index in [1.54, 1.807) is 48.5 Å². The Morgan fingerprint density at radius 1 is 0.550 bits per heavy atom. The average Bonchev–Trinajstić information content (AvgIpc) is 3.26. The minimum absolute atomic E-state index is 0.0000970. The summed E-state index contributed by atoms with van der Waals surface area (Å²) in [6, 6.07) is 37.9. The van der Waals surface area contributed by atoms with Gasteiger partial charge in [0.2, 0.25) is 11.2 Å². The lowest BCUT2D eigenvalue weighted by Gasteiger charge is -2.41. The van der Waals surface area contributed by atoms with Gasteiger partial charge in [0.05, 0.1) is 77.1 Å². The molecule has 2 amide bonds. The number of nitrogens with zero attached hydrogens (tertiary/aromatic N) is 4. The number of benzene rings is 4. The number of quaternary nitrogens is 2. The van der Waals surface area contributed by atoms with Gasteiger partial charge in [-0.15, -0.1) is 0 Å². The maximum Gasteiger partial charge on any atom is 0.339 e. The van der Waals surface area contributed by atoms with Crippen LogP contribution in [-0.2, 0) is 31.9 Å². The van der Waals surface area contributed by atoms with E-state index in [4.69, 9.17) is 9.47 Å². The molecule has 0 aliphatic heterocycles. The maximum absolute atomic E-state index is 13.8. The molecule has 2 fully saturated rings. The molecule has 0 spiro atoms. The summed E-state index contributed by atoms with van der Waals surface area (Å²) < 4.78 is 12.0. The summed E-state index contributed by atoms with van der Waals surface area (Å²) in [5.74, 6) is -1.62. The molecule has 4 aromatic carbocycles. The van der Waals surface area contributed by atoms with Crippen molar-refractivity contribution in [2.45, 2.75) is 75.4 Å². The largest absolute Gasteiger partial charge is 0.439 e. The molecule has 60 heavy (non-hydrogen) atoms. The van der Waals surface area contributed by atoms with Crippen LogP contribution in [0.5, 0.6) is 0 Å². The fourth-order valence-corrected chi connectivity index (χ4v) is 8.83. The lowest BCUT2D eigenvalue weighted by molar-refractivity contribution is -0.819. The number of carbonyl (C=O) groups excluding carboxylic acids is 4. The smallest absolute Gasteiger partial charge is 0.339 e. The van der Waals surface area contributed by atoms with Crippen molar-refractivity contribution >= 4 is 23.8 Å². The van der Waals surface area contributed by atoms with Crippen LogP contribution in [-0.4, -0.2) is 85.2 Å². The number of nitriles is 2. The van der Waals surface area contributed by atoms with Crippen LogP contribution >= 0.6 is 0 Å². The average molecular weight is 809 g/mol. The van der Waals surface area contributed by atoms with Crippen molar-refractivity contribution in [3.05, 3.63) is 131 Å². The highest BCUT2D eigenvalue weighted by atomic mass is 16.6. The molecule has 0 N–H and O–H groups in total. The number of esters is 2. The molecule has 0 aromatic heterocycles. The van der Waals surface area contributed by atoms with E-state index in [1.807, 2.05) is 88.9 Å². The molecule has 4 unspecified atom stereocenters. The Hall–Kier alpha value is -5.94. The van der Waals surface area contributed by atoms with Crippen molar-refractivity contribution in [2.24, 2.45) is 11.8 Å². The van der Waals surface area contributed by atoms with E-state index in [-0.39, 0.29) is 45.5 Å². The van der Waals surface area contributed by atoms with Gasteiger partial charge in [-0.2, -0.15) is 10.5 Å². The van der Waals surface area contributed by atoms with Gasteiger partial charge in [-0.25, -0.2) is 19.2 Å². The van der Waals surface area contributed by atoms with Gasteiger partial charge in [0, 0.05) is 12.8 Å². The van der Waals surface area contributed by atoms with E-state index in [0.717, 1.165) is 47.9 Å². The van der Waals surface area contributed by atoms with Crippen molar-refractivity contribution in [3.63, 3.8) is 0 Å². The molecule has 4 atom stereocenters. The SMILES string of the molecule is C[N+](C)(CC1CCCCC1(C#N)OC(=O)c1ccccc1)C(=O)Cc1ccc(-c2ccc(CC(=O)[N+](C)(C)CC3CCCCC3(C#N)OC(=O)c3ccccc3)cc2)cc1. The van der Waals surface area contributed by atoms with Gasteiger partial charge in [-0.1, -0.05) is 97.8 Å². The maximum atomic E-state index is 13.8. The predicted molar refractivity (Wildman–Crippen MR) is 228 cm³/mol. The van der Waals surface area contributed by atoms with Gasteiger partial charge in [-0.05, 0) is 72.2 Å². The van der Waals surface area contributed by atoms with Crippen molar-refractivity contribution < 1.29 is 37.6 Å². The zero-order valence-corrected chi connectivity index (χ0v) is 35.3. The highest BCUT2D eigenvalue weighted by molar-refractivity contribution is 5.90. The normalized spacial score (nSPS) is 21.8. The van der Waals surface area contributed by atoms with Gasteiger partial charge >= 0.3 is 23.8 Å². The zero-order chi connectivity index (χ0) is 43.0. The third-order valence-electron chi connectivity index (χ3n) is 12.6. The van der Waals surface area contributed by atoms with E-state index in [0.29, 0.717) is 49.9 Å². The number of hydrogen-bond donors (Lipinski definition) is 0. The Labute approximate surface area is 354 Å². The van der Waals surface area contributed by atoms with Crippen molar-refractivity contribution in [1.29, 1.82) is 10.5 Å². The summed E-state index contributed by atoms with van der Waals surface area (Å²) in [6.45, 7) is 0.756. The number of hydrogen-bond acceptors (Lipinski definition) is 8. The van der Waals surface area contributed by atoms with E-state index in [9.17, 15) is 29.7 Å². The summed E-state index contributed by atoms with van der Waals surface area (Å²) >= 11 is 0. The summed E-state index contributed by atoms with van der Waals surface area (Å²) in [5.41, 5.74) is 1.92. The Bertz CT molecular complexity index is 2080. The molecular formula is C50H56N4O6+2. The number of ether oxygens (including phenoxy) is 2. The molecule has 4 aromatic rings. The van der Waals surface area contributed by atoms with Gasteiger partial charge in [-0.3, -0.25) is 8.97 Å². The van der Waals surface area contributed by atoms with E-state index in [1.165, 1.54) is 0 Å². The standard InChI is InChI=1S/C50H56N4O6/c1-53(2,33-43-19-11-13-29-49(43,35-51)59-47(57)41-15-7-5-8-16-41)45(55)31-37-21-25-39(26-22-37)40-27-23-38(24-28-40)32-46(56)54(3,4)34-44-20-12-14-30-50(44,36-52)60-48(58)42-17-9-6-10-18-42/h5-10,15-18,21-28,43-44H,11-14,19-20,29-34H2,1-4H3/q+2. The first kappa shape index (κ1) is 43.6. The molecule has 310 valence electrons. The van der Waals surface area contributed by atoms with Crippen molar-refractivity contribution in [2.75, 3.05) is 41.3 Å². The minimum Gasteiger partial charge on any atom is -0.439 e. The number of likely N-dealkylation sites (N-methyl/N-ethyl adjacent to an activating group) is 2. The van der Waals surface area contributed by atoms with Crippen LogP contribution in [0, 0.1) is 34.5 Å². The number of carbonyl (C=O) groups is 4. The Morgan fingerprint density at radius 3 is 1.23 bits per heavy atom. The van der Waals surface area contributed by atoms with E-state index >= 15 is 0 Å². The first-order valence-electron chi connectivity index (χ1n) is 21.0. The van der Waals surface area contributed by atoms with Gasteiger partial charge < -0.3 is 9.47 Å². The Balaban J connectivity index is 1.05. The third-order valence-corrected chi connectivity index (χ3v) is 12.6. The third kappa shape index (κ3) is 10.1. The Morgan fingerprint density at radius 2 is 0.900 bits per heavy atom. The molecule has 10 heteroatoms. The predicted octanol–water partition coefficient (Wildman–Crippen LogP) is 8.26. The van der Waals surface area contributed by atoms with Crippen LogP contribution < -0.4 is 0 Å². The lowest BCUT2D eigenvalue weighted by atomic mass is 9.75. The van der Waals surface area contributed by atoms with Gasteiger partial charge in [0.25, 0.3) is 0 Å². The van der Waals surface area contributed by atoms with Crippen LogP contribution in [0.2, 0.25) is 0 Å². The van der Waals surface area contributed by atoms with Crippen LogP contribution in [0.1, 0.15) is 83.2 Å². The minimum atomic E-state index is -1.29. The molecule has 2 aliphatic rings. The second kappa shape index (κ2) is 18.5. The molecule has 0 saturated heterocycles. The first-order chi connectivity index (χ1) is 28.7. The second-order valence-corrected chi connectivity index (χ2v) is 17.7. The Kier molecular flexibility index (Phi) is 13.5. The fourth-order valence-electron chi connectivity index (χ4n) is 8.83. The summed E-state index contributed by atoms with van der Waals surface area (Å²) in [7, 11) is 7.44. The van der Waals surface area contributed by atoms with Crippen LogP contribution in [0.3, 0.4) is 0 Å². The van der Waals surface area contributed by atoms with Crippen LogP contribution in [0.4, 0.5) is 0 Å². The topological polar surface area (TPSA) is 134 Å². The van der Waals surface area contributed by atoms with Gasteiger partial charge in [0.15, 0.2) is 0 Å². The first-order valence-corrected chi connectivity index (χ1v) is 21.0. The number of amides is 2. The molecule has 0 bridgehead atoms. The number of rotatable bonds is 13. The summed E-state index contributed by atoms with van der Waals surface area (Å²) in [4.78, 5) is 53.7.